The van der Waals surface area contributed by atoms with Crippen LogP contribution in [0.15, 0.2) is 42.5 Å². The summed E-state index contributed by atoms with van der Waals surface area (Å²) in [4.78, 5) is 23.4. The summed E-state index contributed by atoms with van der Waals surface area (Å²) in [7, 11) is 0. The number of hydrogen-bond acceptors (Lipinski definition) is 3. The van der Waals surface area contributed by atoms with Crippen molar-refractivity contribution in [2.45, 2.75) is 13.0 Å². The van der Waals surface area contributed by atoms with Crippen molar-refractivity contribution in [2.75, 3.05) is 11.9 Å². The van der Waals surface area contributed by atoms with Gasteiger partial charge in [0.1, 0.15) is 0 Å². The highest BCUT2D eigenvalue weighted by molar-refractivity contribution is 6.35. The van der Waals surface area contributed by atoms with E-state index < -0.39 is 5.91 Å². The van der Waals surface area contributed by atoms with Crippen LogP contribution < -0.4 is 16.4 Å². The molecule has 4 N–H and O–H groups in total. The molecule has 5 nitrogen and oxygen atoms in total. The monoisotopic (exact) mass is 365 g/mol. The van der Waals surface area contributed by atoms with Gasteiger partial charge in [0.2, 0.25) is 5.91 Å². The van der Waals surface area contributed by atoms with Crippen LogP contribution in [0.2, 0.25) is 10.0 Å². The van der Waals surface area contributed by atoms with E-state index in [1.54, 1.807) is 36.4 Å². The van der Waals surface area contributed by atoms with Crippen molar-refractivity contribution in [1.82, 2.24) is 5.32 Å². The topological polar surface area (TPSA) is 84.2 Å². The van der Waals surface area contributed by atoms with Crippen molar-refractivity contribution >= 4 is 40.7 Å². The summed E-state index contributed by atoms with van der Waals surface area (Å²) in [5, 5.41) is 6.82. The molecule has 126 valence electrons. The number of anilines is 1. The molecule has 2 aromatic rings. The number of benzene rings is 2. The Bertz CT molecular complexity index is 765. The Morgan fingerprint density at radius 2 is 1.88 bits per heavy atom. The lowest BCUT2D eigenvalue weighted by Gasteiger charge is -2.16. The van der Waals surface area contributed by atoms with Gasteiger partial charge in [-0.3, -0.25) is 9.59 Å². The van der Waals surface area contributed by atoms with Crippen LogP contribution in [0.1, 0.15) is 28.9 Å². The zero-order chi connectivity index (χ0) is 17.7. The molecule has 24 heavy (non-hydrogen) atoms. The first-order chi connectivity index (χ1) is 11.4. The van der Waals surface area contributed by atoms with Gasteiger partial charge in [-0.2, -0.15) is 0 Å². The third kappa shape index (κ3) is 4.71. The quantitative estimate of drug-likeness (QED) is 0.733. The lowest BCUT2D eigenvalue weighted by molar-refractivity contribution is -0.115. The zero-order valence-electron chi connectivity index (χ0n) is 13.0. The average molecular weight is 366 g/mol. The lowest BCUT2D eigenvalue weighted by Crippen LogP contribution is -2.31. The van der Waals surface area contributed by atoms with E-state index in [2.05, 4.69) is 10.6 Å². The highest BCUT2D eigenvalue weighted by atomic mass is 35.5. The van der Waals surface area contributed by atoms with Crippen LogP contribution in [-0.2, 0) is 4.79 Å². The van der Waals surface area contributed by atoms with Crippen molar-refractivity contribution in [3.63, 3.8) is 0 Å². The minimum atomic E-state index is -0.597. The predicted molar refractivity (Wildman–Crippen MR) is 96.5 cm³/mol. The largest absolute Gasteiger partial charge is 0.366 e. The van der Waals surface area contributed by atoms with Crippen LogP contribution in [0.4, 0.5) is 5.69 Å². The van der Waals surface area contributed by atoms with Crippen molar-refractivity contribution < 1.29 is 9.59 Å². The summed E-state index contributed by atoms with van der Waals surface area (Å²) >= 11 is 12.0. The van der Waals surface area contributed by atoms with E-state index >= 15 is 0 Å². The fourth-order valence-corrected chi connectivity index (χ4v) is 2.78. The second-order valence-corrected chi connectivity index (χ2v) is 6.07. The van der Waals surface area contributed by atoms with E-state index in [4.69, 9.17) is 28.9 Å². The Morgan fingerprint density at radius 3 is 2.54 bits per heavy atom. The third-order valence-electron chi connectivity index (χ3n) is 3.46. The van der Waals surface area contributed by atoms with Gasteiger partial charge in [0, 0.05) is 16.1 Å². The van der Waals surface area contributed by atoms with E-state index in [0.29, 0.717) is 15.7 Å². The van der Waals surface area contributed by atoms with Gasteiger partial charge < -0.3 is 16.4 Å². The maximum absolute atomic E-state index is 12.1. The first kappa shape index (κ1) is 18.3. The van der Waals surface area contributed by atoms with Gasteiger partial charge in [0.25, 0.3) is 5.91 Å². The SMILES string of the molecule is C[C@@H](NCC(=O)Nc1ccccc1C(N)=O)c1ccc(Cl)cc1Cl. The van der Waals surface area contributed by atoms with Gasteiger partial charge >= 0.3 is 0 Å². The molecule has 0 heterocycles. The molecule has 0 aliphatic heterocycles. The molecule has 0 aliphatic carbocycles. The molecule has 0 saturated heterocycles. The molecule has 2 amide bonds. The maximum atomic E-state index is 12.1. The molecule has 2 rings (SSSR count). The molecule has 0 fully saturated rings. The molecule has 2 aromatic carbocycles. The van der Waals surface area contributed by atoms with Crippen molar-refractivity contribution in [2.24, 2.45) is 5.73 Å². The van der Waals surface area contributed by atoms with Crippen molar-refractivity contribution in [3.8, 4) is 0 Å². The number of primary amides is 1. The van der Waals surface area contributed by atoms with E-state index in [1.165, 1.54) is 0 Å². The fraction of sp³-hybridized carbons (Fsp3) is 0.176. The van der Waals surface area contributed by atoms with Crippen LogP contribution in [-0.4, -0.2) is 18.4 Å². The number of para-hydroxylation sites is 1. The Balaban J connectivity index is 1.97. The summed E-state index contributed by atoms with van der Waals surface area (Å²) < 4.78 is 0. The summed E-state index contributed by atoms with van der Waals surface area (Å²) in [5.41, 5.74) is 6.77. The minimum Gasteiger partial charge on any atom is -0.366 e. The smallest absolute Gasteiger partial charge is 0.250 e. The number of rotatable bonds is 6. The Morgan fingerprint density at radius 1 is 1.17 bits per heavy atom. The highest BCUT2D eigenvalue weighted by Crippen LogP contribution is 2.26. The van der Waals surface area contributed by atoms with Gasteiger partial charge in [-0.05, 0) is 36.8 Å². The molecular formula is C17H17Cl2N3O2. The second-order valence-electron chi connectivity index (χ2n) is 5.23. The van der Waals surface area contributed by atoms with E-state index in [-0.39, 0.29) is 24.1 Å². The van der Waals surface area contributed by atoms with Gasteiger partial charge in [0.15, 0.2) is 0 Å². The molecule has 0 aliphatic rings. The van der Waals surface area contributed by atoms with Crippen LogP contribution in [0, 0.1) is 0 Å². The Kier molecular flexibility index (Phi) is 6.20. The van der Waals surface area contributed by atoms with Gasteiger partial charge in [-0.1, -0.05) is 41.4 Å². The number of carbonyl (C=O) groups is 2. The van der Waals surface area contributed by atoms with Crippen LogP contribution in [0.25, 0.3) is 0 Å². The predicted octanol–water partition coefficient (Wildman–Crippen LogP) is 3.38. The zero-order valence-corrected chi connectivity index (χ0v) is 14.5. The van der Waals surface area contributed by atoms with Gasteiger partial charge in [-0.25, -0.2) is 0 Å². The number of halogens is 2. The van der Waals surface area contributed by atoms with E-state index in [1.807, 2.05) is 13.0 Å². The van der Waals surface area contributed by atoms with E-state index in [9.17, 15) is 9.59 Å². The van der Waals surface area contributed by atoms with Crippen LogP contribution >= 0.6 is 23.2 Å². The standard InChI is InChI=1S/C17H17Cl2N3O2/c1-10(12-7-6-11(18)8-14(12)19)21-9-16(23)22-15-5-3-2-4-13(15)17(20)24/h2-8,10,21H,9H2,1H3,(H2,20,24)(H,22,23)/t10-/m1/s1. The van der Waals surface area contributed by atoms with Gasteiger partial charge in [-0.15, -0.1) is 0 Å². The Labute approximate surface area is 150 Å². The number of hydrogen-bond donors (Lipinski definition) is 3. The molecule has 0 unspecified atom stereocenters. The number of amides is 2. The molecule has 0 bridgehead atoms. The van der Waals surface area contributed by atoms with Crippen molar-refractivity contribution in [3.05, 3.63) is 63.6 Å². The minimum absolute atomic E-state index is 0.0488. The van der Waals surface area contributed by atoms with Crippen LogP contribution in [0.5, 0.6) is 0 Å². The first-order valence-corrected chi connectivity index (χ1v) is 8.01. The maximum Gasteiger partial charge on any atom is 0.250 e. The summed E-state index contributed by atoms with van der Waals surface area (Å²) in [6.45, 7) is 1.94. The molecule has 1 atom stereocenters. The highest BCUT2D eigenvalue weighted by Gasteiger charge is 2.13. The third-order valence-corrected chi connectivity index (χ3v) is 4.03. The first-order valence-electron chi connectivity index (χ1n) is 7.25. The number of nitrogens with one attached hydrogen (secondary N) is 2. The number of carbonyl (C=O) groups excluding carboxylic acids is 2. The second kappa shape index (κ2) is 8.15. The van der Waals surface area contributed by atoms with Crippen LogP contribution in [0.3, 0.4) is 0 Å². The van der Waals surface area contributed by atoms with Gasteiger partial charge in [0.05, 0.1) is 17.8 Å². The molecule has 0 saturated carbocycles. The summed E-state index contributed by atoms with van der Waals surface area (Å²) in [5.74, 6) is -0.888. The lowest BCUT2D eigenvalue weighted by atomic mass is 10.1. The van der Waals surface area contributed by atoms with Crippen molar-refractivity contribution in [1.29, 1.82) is 0 Å². The summed E-state index contributed by atoms with van der Waals surface area (Å²) in [6.07, 6.45) is 0. The van der Waals surface area contributed by atoms with E-state index in [0.717, 1.165) is 5.56 Å². The summed E-state index contributed by atoms with van der Waals surface area (Å²) in [6, 6.07) is 11.6. The molecular weight excluding hydrogens is 349 g/mol. The molecule has 0 spiro atoms. The normalized spacial score (nSPS) is 11.8. The number of nitrogens with two attached hydrogens (primary N) is 1. The Hall–Kier alpha value is -2.08. The average Bonchev–Trinajstić information content (AvgIpc) is 2.53. The molecule has 0 radical (unpaired) electrons. The molecule has 0 aromatic heterocycles. The fourth-order valence-electron chi connectivity index (χ4n) is 2.21. The molecule has 7 heteroatoms.